The number of rotatable bonds is 2. The Kier molecular flexibility index (Phi) is 2.92. The third-order valence-corrected chi connectivity index (χ3v) is 4.51. The summed E-state index contributed by atoms with van der Waals surface area (Å²) in [4.78, 5) is 0. The van der Waals surface area contributed by atoms with Crippen LogP contribution >= 0.6 is 11.6 Å². The molecule has 0 aliphatic carbocycles. The van der Waals surface area contributed by atoms with Crippen LogP contribution in [0.5, 0.6) is 0 Å². The summed E-state index contributed by atoms with van der Waals surface area (Å²) in [5.74, 6) is 1.10. The van der Waals surface area contributed by atoms with E-state index in [0.29, 0.717) is 12.2 Å². The van der Waals surface area contributed by atoms with Crippen molar-refractivity contribution >= 4 is 21.4 Å². The Morgan fingerprint density at radius 3 is 3.00 bits per heavy atom. The molecule has 6 nitrogen and oxygen atoms in total. The van der Waals surface area contributed by atoms with Crippen LogP contribution in [0.3, 0.4) is 0 Å². The van der Waals surface area contributed by atoms with Crippen molar-refractivity contribution < 1.29 is 8.42 Å². The molecule has 84 valence electrons. The number of tetrazole rings is 1. The number of nitrogens with zero attached hydrogens (tertiary/aromatic N) is 4. The molecule has 15 heavy (non-hydrogen) atoms. The summed E-state index contributed by atoms with van der Waals surface area (Å²) in [6.45, 7) is 0. The predicted molar refractivity (Wildman–Crippen MR) is 54.3 cm³/mol. The molecule has 8 heteroatoms. The van der Waals surface area contributed by atoms with Gasteiger partial charge >= 0.3 is 0 Å². The minimum atomic E-state index is -2.94. The molecule has 1 unspecified atom stereocenters. The topological polar surface area (TPSA) is 77.7 Å². The number of aromatic nitrogens is 4. The van der Waals surface area contributed by atoms with Gasteiger partial charge in [-0.1, -0.05) is 0 Å². The van der Waals surface area contributed by atoms with Gasteiger partial charge in [0.25, 0.3) is 0 Å². The van der Waals surface area contributed by atoms with Gasteiger partial charge in [0.05, 0.1) is 23.4 Å². The van der Waals surface area contributed by atoms with E-state index in [-0.39, 0.29) is 23.4 Å². The Morgan fingerprint density at radius 2 is 2.33 bits per heavy atom. The summed E-state index contributed by atoms with van der Waals surface area (Å²) >= 11 is 5.65. The third-order valence-electron chi connectivity index (χ3n) is 2.47. The summed E-state index contributed by atoms with van der Waals surface area (Å²) in [7, 11) is -2.94. The van der Waals surface area contributed by atoms with Crippen LogP contribution in [-0.2, 0) is 15.7 Å². The van der Waals surface area contributed by atoms with E-state index in [2.05, 4.69) is 15.5 Å². The summed E-state index contributed by atoms with van der Waals surface area (Å²) in [5, 5.41) is 11.0. The summed E-state index contributed by atoms with van der Waals surface area (Å²) < 4.78 is 24.4. The van der Waals surface area contributed by atoms with Crippen LogP contribution < -0.4 is 0 Å². The average molecular weight is 251 g/mol. The van der Waals surface area contributed by atoms with Crippen molar-refractivity contribution in [1.82, 2.24) is 20.2 Å². The van der Waals surface area contributed by atoms with E-state index in [4.69, 9.17) is 11.6 Å². The van der Waals surface area contributed by atoms with Crippen LogP contribution in [0.1, 0.15) is 24.7 Å². The molecule has 1 saturated heterocycles. The Balaban J connectivity index is 2.24. The molecule has 1 aliphatic heterocycles. The van der Waals surface area contributed by atoms with Gasteiger partial charge in [0.15, 0.2) is 15.7 Å². The molecule has 0 N–H and O–H groups in total. The molecule has 1 aliphatic rings. The third kappa shape index (κ3) is 2.28. The van der Waals surface area contributed by atoms with Crippen molar-refractivity contribution in [2.45, 2.75) is 24.8 Å². The zero-order valence-electron chi connectivity index (χ0n) is 8.00. The largest absolute Gasteiger partial charge is 0.229 e. The van der Waals surface area contributed by atoms with Crippen LogP contribution in [0.25, 0.3) is 0 Å². The van der Waals surface area contributed by atoms with Crippen molar-refractivity contribution in [3.63, 3.8) is 0 Å². The molecule has 1 aromatic rings. The molecule has 0 aromatic carbocycles. The van der Waals surface area contributed by atoms with Gasteiger partial charge in [0, 0.05) is 0 Å². The zero-order chi connectivity index (χ0) is 10.9. The maximum Gasteiger partial charge on any atom is 0.166 e. The lowest BCUT2D eigenvalue weighted by molar-refractivity contribution is 0.417. The number of hydrogen-bond acceptors (Lipinski definition) is 5. The number of alkyl halides is 1. The minimum Gasteiger partial charge on any atom is -0.229 e. The Bertz CT molecular complexity index is 444. The average Bonchev–Trinajstić information content (AvgIpc) is 2.63. The molecule has 0 saturated carbocycles. The van der Waals surface area contributed by atoms with Crippen LogP contribution in [0, 0.1) is 0 Å². The highest BCUT2D eigenvalue weighted by Gasteiger charge is 2.28. The van der Waals surface area contributed by atoms with Crippen LogP contribution in [-0.4, -0.2) is 40.1 Å². The molecular weight excluding hydrogens is 240 g/mol. The van der Waals surface area contributed by atoms with Gasteiger partial charge in [-0.3, -0.25) is 0 Å². The molecular formula is C7H11ClN4O2S. The van der Waals surface area contributed by atoms with Crippen molar-refractivity contribution in [2.24, 2.45) is 0 Å². The Morgan fingerprint density at radius 1 is 1.53 bits per heavy atom. The molecule has 1 fully saturated rings. The SMILES string of the molecule is O=S1(=O)CCCC(n2nnnc2CCl)C1. The second kappa shape index (κ2) is 4.05. The molecule has 0 bridgehead atoms. The second-order valence-corrected chi connectivity index (χ2v) is 6.08. The number of halogens is 1. The fourth-order valence-corrected chi connectivity index (χ4v) is 3.62. The maximum absolute atomic E-state index is 11.4. The van der Waals surface area contributed by atoms with Gasteiger partial charge in [-0.15, -0.1) is 16.7 Å². The Hall–Kier alpha value is -0.690. The predicted octanol–water partition coefficient (Wildman–Crippen LogP) is 0.162. The normalized spacial score (nSPS) is 25.3. The van der Waals surface area contributed by atoms with Gasteiger partial charge in [0.2, 0.25) is 0 Å². The van der Waals surface area contributed by atoms with Crippen LogP contribution in [0.15, 0.2) is 0 Å². The lowest BCUT2D eigenvalue weighted by Crippen LogP contribution is -2.29. The summed E-state index contributed by atoms with van der Waals surface area (Å²) in [6.07, 6.45) is 1.45. The molecule has 2 rings (SSSR count). The van der Waals surface area contributed by atoms with E-state index in [0.717, 1.165) is 6.42 Å². The first-order valence-electron chi connectivity index (χ1n) is 4.65. The van der Waals surface area contributed by atoms with E-state index in [1.807, 2.05) is 0 Å². The lowest BCUT2D eigenvalue weighted by atomic mass is 10.2. The second-order valence-electron chi connectivity index (χ2n) is 3.58. The van der Waals surface area contributed by atoms with Crippen LogP contribution in [0.4, 0.5) is 0 Å². The highest BCUT2D eigenvalue weighted by Crippen LogP contribution is 2.23. The minimum absolute atomic E-state index is 0.113. The number of sulfone groups is 1. The monoisotopic (exact) mass is 250 g/mol. The molecule has 1 atom stereocenters. The first kappa shape index (κ1) is 10.8. The van der Waals surface area contributed by atoms with E-state index >= 15 is 0 Å². The quantitative estimate of drug-likeness (QED) is 0.699. The standard InChI is InChI=1S/C7H11ClN4O2S/c8-4-7-9-10-11-12(7)6-2-1-3-15(13,14)5-6/h6H,1-5H2. The lowest BCUT2D eigenvalue weighted by Gasteiger charge is -2.22. The van der Waals surface area contributed by atoms with Gasteiger partial charge < -0.3 is 0 Å². The Labute approximate surface area is 92.5 Å². The fourth-order valence-electron chi connectivity index (χ4n) is 1.78. The first-order valence-corrected chi connectivity index (χ1v) is 7.01. The van der Waals surface area contributed by atoms with Crippen LogP contribution in [0.2, 0.25) is 0 Å². The maximum atomic E-state index is 11.4. The van der Waals surface area contributed by atoms with Crippen molar-refractivity contribution in [1.29, 1.82) is 0 Å². The highest BCUT2D eigenvalue weighted by molar-refractivity contribution is 7.91. The van der Waals surface area contributed by atoms with Crippen molar-refractivity contribution in [2.75, 3.05) is 11.5 Å². The van der Waals surface area contributed by atoms with Crippen molar-refractivity contribution in [3.05, 3.63) is 5.82 Å². The van der Waals surface area contributed by atoms with E-state index in [1.54, 1.807) is 0 Å². The number of hydrogen-bond donors (Lipinski definition) is 0. The van der Waals surface area contributed by atoms with Crippen molar-refractivity contribution in [3.8, 4) is 0 Å². The summed E-state index contributed by atoms with van der Waals surface area (Å²) in [6, 6.07) is -0.160. The van der Waals surface area contributed by atoms with E-state index in [9.17, 15) is 8.42 Å². The smallest absolute Gasteiger partial charge is 0.166 e. The zero-order valence-corrected chi connectivity index (χ0v) is 9.58. The molecule has 2 heterocycles. The molecule has 0 radical (unpaired) electrons. The van der Waals surface area contributed by atoms with Gasteiger partial charge in [-0.25, -0.2) is 13.1 Å². The first-order chi connectivity index (χ1) is 7.12. The van der Waals surface area contributed by atoms with Gasteiger partial charge in [-0.2, -0.15) is 0 Å². The van der Waals surface area contributed by atoms with Gasteiger partial charge in [0.1, 0.15) is 0 Å². The molecule has 0 spiro atoms. The van der Waals surface area contributed by atoms with Gasteiger partial charge in [-0.05, 0) is 23.3 Å². The van der Waals surface area contributed by atoms with E-state index in [1.165, 1.54) is 4.68 Å². The highest BCUT2D eigenvalue weighted by atomic mass is 35.5. The molecule has 0 amide bonds. The molecule has 1 aromatic heterocycles. The van der Waals surface area contributed by atoms with E-state index < -0.39 is 9.84 Å². The summed E-state index contributed by atoms with van der Waals surface area (Å²) in [5.41, 5.74) is 0. The fraction of sp³-hybridized carbons (Fsp3) is 0.857.